The van der Waals surface area contributed by atoms with E-state index >= 15 is 0 Å². The van der Waals surface area contributed by atoms with Crippen LogP contribution >= 0.6 is 0 Å². The molecule has 3 heterocycles. The van der Waals surface area contributed by atoms with Crippen LogP contribution in [0.3, 0.4) is 0 Å². The summed E-state index contributed by atoms with van der Waals surface area (Å²) in [5.41, 5.74) is 3.15. The monoisotopic (exact) mass is 350 g/mol. The van der Waals surface area contributed by atoms with E-state index in [2.05, 4.69) is 27.4 Å². The van der Waals surface area contributed by atoms with E-state index in [-0.39, 0.29) is 11.9 Å². The van der Waals surface area contributed by atoms with Gasteiger partial charge in [0.05, 0.1) is 18.3 Å². The first-order valence-electron chi connectivity index (χ1n) is 8.81. The van der Waals surface area contributed by atoms with E-state index in [4.69, 9.17) is 0 Å². The van der Waals surface area contributed by atoms with E-state index in [1.54, 1.807) is 10.9 Å². The number of rotatable bonds is 4. The van der Waals surface area contributed by atoms with Crippen molar-refractivity contribution in [2.75, 3.05) is 6.54 Å². The Morgan fingerprint density at radius 2 is 1.96 bits per heavy atom. The highest BCUT2D eigenvalue weighted by Gasteiger charge is 2.33. The van der Waals surface area contributed by atoms with Gasteiger partial charge in [0, 0.05) is 19.3 Å². The van der Waals surface area contributed by atoms with Gasteiger partial charge in [0.15, 0.2) is 11.6 Å². The highest BCUT2D eigenvalue weighted by Crippen LogP contribution is 2.29. The fraction of sp³-hybridized carbons (Fsp3) is 0.368. The number of nitrogens with zero attached hydrogens (tertiary/aromatic N) is 6. The summed E-state index contributed by atoms with van der Waals surface area (Å²) >= 11 is 0. The van der Waals surface area contributed by atoms with Gasteiger partial charge in [0.2, 0.25) is 5.91 Å². The lowest BCUT2D eigenvalue weighted by Crippen LogP contribution is -2.42. The summed E-state index contributed by atoms with van der Waals surface area (Å²) in [6.07, 6.45) is 2.62. The van der Waals surface area contributed by atoms with Gasteiger partial charge in [-0.3, -0.25) is 14.0 Å². The van der Waals surface area contributed by atoms with Gasteiger partial charge in [-0.1, -0.05) is 30.3 Å². The van der Waals surface area contributed by atoms with Crippen molar-refractivity contribution in [3.63, 3.8) is 0 Å². The third-order valence-corrected chi connectivity index (χ3v) is 5.14. The van der Waals surface area contributed by atoms with Crippen LogP contribution in [0.25, 0.3) is 11.4 Å². The number of aromatic nitrogens is 5. The van der Waals surface area contributed by atoms with Crippen LogP contribution in [0.15, 0.2) is 36.5 Å². The number of benzene rings is 1. The molecule has 0 spiro atoms. The normalized spacial score (nSPS) is 16.8. The van der Waals surface area contributed by atoms with E-state index < -0.39 is 0 Å². The SMILES string of the molecule is Cc1c(-c2nnc3n2[C@H](C)C(=O)N(CCc2ccccc2)C3)cnn1C. The second-order valence-electron chi connectivity index (χ2n) is 6.75. The van der Waals surface area contributed by atoms with E-state index in [9.17, 15) is 4.79 Å². The van der Waals surface area contributed by atoms with Crippen molar-refractivity contribution in [3.05, 3.63) is 53.6 Å². The molecule has 1 aromatic carbocycles. The lowest BCUT2D eigenvalue weighted by molar-refractivity contribution is -0.136. The van der Waals surface area contributed by atoms with Crippen LogP contribution in [0.1, 0.15) is 30.0 Å². The van der Waals surface area contributed by atoms with Gasteiger partial charge in [-0.15, -0.1) is 10.2 Å². The summed E-state index contributed by atoms with van der Waals surface area (Å²) in [5.74, 6) is 1.65. The van der Waals surface area contributed by atoms with Crippen LogP contribution in [0, 0.1) is 6.92 Å². The van der Waals surface area contributed by atoms with E-state index in [0.29, 0.717) is 18.9 Å². The molecule has 2 aromatic heterocycles. The molecule has 0 N–H and O–H groups in total. The van der Waals surface area contributed by atoms with Crippen molar-refractivity contribution in [2.24, 2.45) is 7.05 Å². The summed E-state index contributed by atoms with van der Waals surface area (Å²) in [4.78, 5) is 14.8. The number of hydrogen-bond donors (Lipinski definition) is 0. The number of fused-ring (bicyclic) bond motifs is 1. The average molecular weight is 350 g/mol. The Balaban J connectivity index is 1.59. The van der Waals surface area contributed by atoms with Crippen molar-refractivity contribution in [1.82, 2.24) is 29.4 Å². The molecule has 26 heavy (non-hydrogen) atoms. The molecule has 0 saturated heterocycles. The Labute approximate surface area is 152 Å². The molecular weight excluding hydrogens is 328 g/mol. The molecule has 1 atom stereocenters. The number of aryl methyl sites for hydroxylation is 1. The molecule has 3 aromatic rings. The summed E-state index contributed by atoms with van der Waals surface area (Å²) in [6, 6.07) is 9.90. The lowest BCUT2D eigenvalue weighted by atomic mass is 10.1. The highest BCUT2D eigenvalue weighted by molar-refractivity contribution is 5.82. The smallest absolute Gasteiger partial charge is 0.245 e. The molecule has 0 radical (unpaired) electrons. The quantitative estimate of drug-likeness (QED) is 0.723. The molecule has 4 rings (SSSR count). The predicted molar refractivity (Wildman–Crippen MR) is 97.2 cm³/mol. The molecule has 1 aliphatic heterocycles. The molecule has 134 valence electrons. The van der Waals surface area contributed by atoms with Crippen LogP contribution in [0.2, 0.25) is 0 Å². The maximum Gasteiger partial charge on any atom is 0.245 e. The molecule has 1 amide bonds. The first kappa shape index (κ1) is 16.5. The summed E-state index contributed by atoms with van der Waals surface area (Å²) in [6.45, 7) is 5.08. The van der Waals surface area contributed by atoms with Crippen LogP contribution in [0.5, 0.6) is 0 Å². The average Bonchev–Trinajstić information content (AvgIpc) is 3.21. The topological polar surface area (TPSA) is 68.8 Å². The summed E-state index contributed by atoms with van der Waals surface area (Å²) in [5, 5.41) is 13.0. The second-order valence-corrected chi connectivity index (χ2v) is 6.75. The summed E-state index contributed by atoms with van der Waals surface area (Å²) in [7, 11) is 1.90. The lowest BCUT2D eigenvalue weighted by Gasteiger charge is -2.32. The van der Waals surface area contributed by atoms with Gasteiger partial charge in [-0.2, -0.15) is 5.10 Å². The fourth-order valence-electron chi connectivity index (χ4n) is 3.46. The molecule has 0 aliphatic carbocycles. The number of carbonyl (C=O) groups is 1. The van der Waals surface area contributed by atoms with Crippen molar-refractivity contribution in [1.29, 1.82) is 0 Å². The minimum Gasteiger partial charge on any atom is -0.333 e. The molecule has 7 heteroatoms. The second kappa shape index (κ2) is 6.40. The van der Waals surface area contributed by atoms with E-state index in [1.165, 1.54) is 5.56 Å². The largest absolute Gasteiger partial charge is 0.333 e. The Kier molecular flexibility index (Phi) is 4.06. The van der Waals surface area contributed by atoms with Crippen LogP contribution in [-0.4, -0.2) is 41.9 Å². The molecule has 0 fully saturated rings. The van der Waals surface area contributed by atoms with Crippen molar-refractivity contribution in [2.45, 2.75) is 32.9 Å². The van der Waals surface area contributed by atoms with Crippen molar-refractivity contribution in [3.8, 4) is 11.4 Å². The highest BCUT2D eigenvalue weighted by atomic mass is 16.2. The number of amides is 1. The van der Waals surface area contributed by atoms with Gasteiger partial charge in [0.25, 0.3) is 0 Å². The number of hydrogen-bond acceptors (Lipinski definition) is 4. The fourth-order valence-corrected chi connectivity index (χ4v) is 3.46. The molecule has 1 aliphatic rings. The third kappa shape index (κ3) is 2.69. The van der Waals surface area contributed by atoms with Crippen LogP contribution in [0.4, 0.5) is 0 Å². The molecule has 0 saturated carbocycles. The van der Waals surface area contributed by atoms with Gasteiger partial charge < -0.3 is 4.90 Å². The summed E-state index contributed by atoms with van der Waals surface area (Å²) < 4.78 is 3.75. The van der Waals surface area contributed by atoms with Crippen LogP contribution in [-0.2, 0) is 24.8 Å². The Hall–Kier alpha value is -2.96. The van der Waals surface area contributed by atoms with Gasteiger partial charge in [-0.05, 0) is 25.8 Å². The standard InChI is InChI=1S/C19H22N6O/c1-13-16(11-20-23(13)3)18-22-21-17-12-24(19(26)14(2)25(17)18)10-9-15-7-5-4-6-8-15/h4-8,11,14H,9-10,12H2,1-3H3/t14-/m1/s1. The van der Waals surface area contributed by atoms with Gasteiger partial charge >= 0.3 is 0 Å². The zero-order valence-corrected chi connectivity index (χ0v) is 15.3. The molecule has 7 nitrogen and oxygen atoms in total. The van der Waals surface area contributed by atoms with Crippen molar-refractivity contribution < 1.29 is 4.79 Å². The Morgan fingerprint density at radius 3 is 2.65 bits per heavy atom. The maximum atomic E-state index is 12.9. The minimum atomic E-state index is -0.320. The van der Waals surface area contributed by atoms with Gasteiger partial charge in [0.1, 0.15) is 6.04 Å². The predicted octanol–water partition coefficient (Wildman–Crippen LogP) is 2.13. The van der Waals surface area contributed by atoms with E-state index in [0.717, 1.165) is 23.5 Å². The maximum absolute atomic E-state index is 12.9. The third-order valence-electron chi connectivity index (χ3n) is 5.14. The first-order chi connectivity index (χ1) is 12.6. The minimum absolute atomic E-state index is 0.107. The van der Waals surface area contributed by atoms with Crippen molar-refractivity contribution >= 4 is 5.91 Å². The zero-order chi connectivity index (χ0) is 18.3. The first-order valence-corrected chi connectivity index (χ1v) is 8.81. The molecule has 0 bridgehead atoms. The number of carbonyl (C=O) groups excluding carboxylic acids is 1. The molecular formula is C19H22N6O. The Morgan fingerprint density at radius 1 is 1.19 bits per heavy atom. The van der Waals surface area contributed by atoms with E-state index in [1.807, 2.05) is 48.6 Å². The molecule has 0 unspecified atom stereocenters. The zero-order valence-electron chi connectivity index (χ0n) is 15.3. The van der Waals surface area contributed by atoms with Gasteiger partial charge in [-0.25, -0.2) is 0 Å². The Bertz CT molecular complexity index is 942. The van der Waals surface area contributed by atoms with Crippen LogP contribution < -0.4 is 0 Å².